The third-order valence-corrected chi connectivity index (χ3v) is 4.81. The zero-order valence-corrected chi connectivity index (χ0v) is 15.3. The number of hydrogen-bond acceptors (Lipinski definition) is 5. The Balaban J connectivity index is 1.69. The number of carboxylic acid groups (broad SMARTS) is 1. The van der Waals surface area contributed by atoms with Gasteiger partial charge in [0.2, 0.25) is 0 Å². The summed E-state index contributed by atoms with van der Waals surface area (Å²) >= 11 is 0. The van der Waals surface area contributed by atoms with Crippen molar-refractivity contribution in [3.8, 4) is 0 Å². The first-order valence-corrected chi connectivity index (χ1v) is 8.39. The van der Waals surface area contributed by atoms with Gasteiger partial charge in [0, 0.05) is 0 Å². The Labute approximate surface area is 153 Å². The van der Waals surface area contributed by atoms with E-state index in [0.29, 0.717) is 11.4 Å². The lowest BCUT2D eigenvalue weighted by molar-refractivity contribution is 0.00578. The molecular formula is C19H21BN2O4. The van der Waals surface area contributed by atoms with Gasteiger partial charge < -0.3 is 14.4 Å². The standard InChI is InChI=1S/C19H21BN2O4/c1-18(2)19(3,4)26-20(25-18)14-7-11-16(12-8-14)22-21-15-9-5-13(6-10-15)17(23)24/h5-12H,1-4H3,(H,23,24)/b22-21+. The van der Waals surface area contributed by atoms with E-state index in [1.54, 1.807) is 12.1 Å². The minimum absolute atomic E-state index is 0.218. The van der Waals surface area contributed by atoms with E-state index in [9.17, 15) is 4.79 Å². The second-order valence-electron chi connectivity index (χ2n) is 7.23. The van der Waals surface area contributed by atoms with Crippen molar-refractivity contribution in [2.45, 2.75) is 38.9 Å². The summed E-state index contributed by atoms with van der Waals surface area (Å²) < 4.78 is 12.1. The van der Waals surface area contributed by atoms with Crippen LogP contribution in [-0.4, -0.2) is 29.4 Å². The summed E-state index contributed by atoms with van der Waals surface area (Å²) in [6.07, 6.45) is 0. The molecule has 0 radical (unpaired) electrons. The zero-order chi connectivity index (χ0) is 18.9. The molecule has 2 aromatic rings. The van der Waals surface area contributed by atoms with Crippen LogP contribution < -0.4 is 5.46 Å². The Morgan fingerprint density at radius 1 is 0.846 bits per heavy atom. The molecule has 1 fully saturated rings. The molecule has 0 aliphatic carbocycles. The Kier molecular flexibility index (Phi) is 4.69. The number of benzene rings is 2. The van der Waals surface area contributed by atoms with Gasteiger partial charge in [0.25, 0.3) is 0 Å². The Morgan fingerprint density at radius 2 is 1.27 bits per heavy atom. The molecule has 0 spiro atoms. The van der Waals surface area contributed by atoms with Crippen molar-refractivity contribution >= 4 is 29.9 Å². The predicted octanol–water partition coefficient (Wildman–Crippen LogP) is 4.10. The molecular weight excluding hydrogens is 331 g/mol. The summed E-state index contributed by atoms with van der Waals surface area (Å²) in [7, 11) is -0.408. The van der Waals surface area contributed by atoms with Crippen molar-refractivity contribution in [3.63, 3.8) is 0 Å². The number of hydrogen-bond donors (Lipinski definition) is 1. The van der Waals surface area contributed by atoms with E-state index in [1.807, 2.05) is 52.0 Å². The van der Waals surface area contributed by atoms with Crippen molar-refractivity contribution in [1.29, 1.82) is 0 Å². The van der Waals surface area contributed by atoms with Crippen LogP contribution in [0.1, 0.15) is 38.1 Å². The normalized spacial score (nSPS) is 18.4. The first-order valence-electron chi connectivity index (χ1n) is 8.39. The molecule has 0 atom stereocenters. The lowest BCUT2D eigenvalue weighted by atomic mass is 9.79. The summed E-state index contributed by atoms with van der Waals surface area (Å²) in [6, 6.07) is 13.7. The molecule has 0 aromatic heterocycles. The average Bonchev–Trinajstić information content (AvgIpc) is 2.81. The van der Waals surface area contributed by atoms with Crippen molar-refractivity contribution in [2.75, 3.05) is 0 Å². The molecule has 2 aromatic carbocycles. The van der Waals surface area contributed by atoms with Crippen LogP contribution in [0.25, 0.3) is 0 Å². The van der Waals surface area contributed by atoms with Crippen LogP contribution in [0.5, 0.6) is 0 Å². The molecule has 3 rings (SSSR count). The van der Waals surface area contributed by atoms with Gasteiger partial charge in [-0.1, -0.05) is 12.1 Å². The van der Waals surface area contributed by atoms with E-state index in [0.717, 1.165) is 5.46 Å². The van der Waals surface area contributed by atoms with E-state index < -0.39 is 13.1 Å². The van der Waals surface area contributed by atoms with Crippen LogP contribution in [0.4, 0.5) is 11.4 Å². The van der Waals surface area contributed by atoms with E-state index >= 15 is 0 Å². The maximum Gasteiger partial charge on any atom is 0.494 e. The van der Waals surface area contributed by atoms with Gasteiger partial charge in [0.15, 0.2) is 0 Å². The lowest BCUT2D eigenvalue weighted by Gasteiger charge is -2.32. The fourth-order valence-electron chi connectivity index (χ4n) is 2.46. The number of carbonyl (C=O) groups is 1. The van der Waals surface area contributed by atoms with Gasteiger partial charge in [0.05, 0.1) is 28.1 Å². The van der Waals surface area contributed by atoms with E-state index in [1.165, 1.54) is 12.1 Å². The van der Waals surface area contributed by atoms with E-state index in [4.69, 9.17) is 14.4 Å². The van der Waals surface area contributed by atoms with Gasteiger partial charge in [-0.25, -0.2) is 4.79 Å². The Hall–Kier alpha value is -2.51. The van der Waals surface area contributed by atoms with Gasteiger partial charge in [-0.05, 0) is 69.6 Å². The van der Waals surface area contributed by atoms with E-state index in [2.05, 4.69) is 10.2 Å². The number of carboxylic acids is 1. The highest BCUT2D eigenvalue weighted by Gasteiger charge is 2.51. The van der Waals surface area contributed by atoms with Crippen LogP contribution in [0.15, 0.2) is 58.8 Å². The molecule has 1 heterocycles. The molecule has 1 N–H and O–H groups in total. The molecule has 1 aliphatic rings. The minimum Gasteiger partial charge on any atom is -0.478 e. The summed E-state index contributed by atoms with van der Waals surface area (Å²) in [5.41, 5.74) is 1.66. The fourth-order valence-corrected chi connectivity index (χ4v) is 2.46. The largest absolute Gasteiger partial charge is 0.494 e. The fraction of sp³-hybridized carbons (Fsp3) is 0.316. The molecule has 0 unspecified atom stereocenters. The van der Waals surface area contributed by atoms with Gasteiger partial charge in [-0.3, -0.25) is 0 Å². The van der Waals surface area contributed by atoms with E-state index in [-0.39, 0.29) is 16.8 Å². The topological polar surface area (TPSA) is 80.5 Å². The average molecular weight is 352 g/mol. The van der Waals surface area contributed by atoms with Crippen LogP contribution in [0.2, 0.25) is 0 Å². The third-order valence-electron chi connectivity index (χ3n) is 4.81. The van der Waals surface area contributed by atoms with Crippen molar-refractivity contribution in [2.24, 2.45) is 10.2 Å². The first kappa shape index (κ1) is 18.3. The smallest absolute Gasteiger partial charge is 0.478 e. The highest BCUT2D eigenvalue weighted by atomic mass is 16.7. The molecule has 1 aliphatic heterocycles. The number of azo groups is 1. The summed E-state index contributed by atoms with van der Waals surface area (Å²) in [5, 5.41) is 17.2. The van der Waals surface area contributed by atoms with Gasteiger partial charge in [-0.15, -0.1) is 0 Å². The number of nitrogens with zero attached hydrogens (tertiary/aromatic N) is 2. The summed E-state index contributed by atoms with van der Waals surface area (Å²) in [4.78, 5) is 10.8. The maximum absolute atomic E-state index is 10.8. The molecule has 1 saturated heterocycles. The van der Waals surface area contributed by atoms with Crippen molar-refractivity contribution < 1.29 is 19.2 Å². The van der Waals surface area contributed by atoms with Crippen molar-refractivity contribution in [1.82, 2.24) is 0 Å². The molecule has 0 amide bonds. The molecule has 6 nitrogen and oxygen atoms in total. The molecule has 0 saturated carbocycles. The van der Waals surface area contributed by atoms with Crippen LogP contribution >= 0.6 is 0 Å². The number of aromatic carboxylic acids is 1. The van der Waals surface area contributed by atoms with Gasteiger partial charge in [-0.2, -0.15) is 10.2 Å². The van der Waals surface area contributed by atoms with Crippen molar-refractivity contribution in [3.05, 3.63) is 54.1 Å². The molecule has 134 valence electrons. The summed E-state index contributed by atoms with van der Waals surface area (Å²) in [5.74, 6) is -0.966. The predicted molar refractivity (Wildman–Crippen MR) is 99.7 cm³/mol. The maximum atomic E-state index is 10.8. The quantitative estimate of drug-likeness (QED) is 0.664. The second-order valence-corrected chi connectivity index (χ2v) is 7.23. The Bertz CT molecular complexity index is 814. The first-order chi connectivity index (χ1) is 12.2. The lowest BCUT2D eigenvalue weighted by Crippen LogP contribution is -2.41. The van der Waals surface area contributed by atoms with Gasteiger partial charge in [0.1, 0.15) is 0 Å². The highest BCUT2D eigenvalue weighted by Crippen LogP contribution is 2.36. The monoisotopic (exact) mass is 352 g/mol. The summed E-state index contributed by atoms with van der Waals surface area (Å²) in [6.45, 7) is 8.08. The number of rotatable bonds is 4. The van der Waals surface area contributed by atoms with Crippen LogP contribution in [0, 0.1) is 0 Å². The molecule has 26 heavy (non-hydrogen) atoms. The minimum atomic E-state index is -0.966. The highest BCUT2D eigenvalue weighted by molar-refractivity contribution is 6.62. The molecule has 7 heteroatoms. The SMILES string of the molecule is CC1(C)OB(c2ccc(/N=N/c3ccc(C(=O)O)cc3)cc2)OC1(C)C. The molecule has 0 bridgehead atoms. The third kappa shape index (κ3) is 3.69. The zero-order valence-electron chi connectivity index (χ0n) is 15.3. The van der Waals surface area contributed by atoms with Crippen LogP contribution in [0.3, 0.4) is 0 Å². The van der Waals surface area contributed by atoms with Crippen LogP contribution in [-0.2, 0) is 9.31 Å². The second kappa shape index (κ2) is 6.66. The van der Waals surface area contributed by atoms with Gasteiger partial charge >= 0.3 is 13.1 Å². The Morgan fingerprint density at radius 3 is 1.69 bits per heavy atom.